The van der Waals surface area contributed by atoms with Gasteiger partial charge in [-0.2, -0.15) is 5.26 Å². The number of benzene rings is 2. The molecule has 0 bridgehead atoms. The fraction of sp³-hybridized carbons (Fsp3) is 0.273. The van der Waals surface area contributed by atoms with Crippen LogP contribution in [0.3, 0.4) is 0 Å². The van der Waals surface area contributed by atoms with Crippen molar-refractivity contribution in [1.82, 2.24) is 0 Å². The Morgan fingerprint density at radius 3 is 2.54 bits per heavy atom. The van der Waals surface area contributed by atoms with Gasteiger partial charge in [0.1, 0.15) is 17.5 Å². The Balaban J connectivity index is 2.19. The number of ether oxygens (including phenoxy) is 2. The van der Waals surface area contributed by atoms with Crippen LogP contribution in [0.25, 0.3) is 6.08 Å². The highest BCUT2D eigenvalue weighted by Crippen LogP contribution is 2.29. The van der Waals surface area contributed by atoms with Gasteiger partial charge in [0.25, 0.3) is 5.91 Å². The average molecular weight is 382 g/mol. The largest absolute Gasteiger partial charge is 0.490 e. The SMILES string of the molecule is CCCCOc1ccc(C=C(C#N)C(=O)Nc2ccc(F)cc2)cc1OCC. The van der Waals surface area contributed by atoms with Crippen molar-refractivity contribution in [3.05, 3.63) is 59.4 Å². The zero-order valence-corrected chi connectivity index (χ0v) is 16.0. The van der Waals surface area contributed by atoms with Crippen LogP contribution >= 0.6 is 0 Å². The Kier molecular flexibility index (Phi) is 8.04. The number of carbonyl (C=O) groups excluding carboxylic acids is 1. The van der Waals surface area contributed by atoms with Gasteiger partial charge >= 0.3 is 0 Å². The van der Waals surface area contributed by atoms with Crippen LogP contribution in [0.2, 0.25) is 0 Å². The maximum atomic E-state index is 13.0. The molecule has 1 amide bonds. The Morgan fingerprint density at radius 2 is 1.89 bits per heavy atom. The maximum absolute atomic E-state index is 13.0. The monoisotopic (exact) mass is 382 g/mol. The molecule has 0 aliphatic rings. The van der Waals surface area contributed by atoms with Crippen LogP contribution in [-0.2, 0) is 4.79 Å². The molecule has 5 nitrogen and oxygen atoms in total. The Labute approximate surface area is 164 Å². The van der Waals surface area contributed by atoms with E-state index in [1.54, 1.807) is 18.2 Å². The summed E-state index contributed by atoms with van der Waals surface area (Å²) in [7, 11) is 0. The van der Waals surface area contributed by atoms with Gasteiger partial charge in [-0.3, -0.25) is 4.79 Å². The second-order valence-corrected chi connectivity index (χ2v) is 5.97. The lowest BCUT2D eigenvalue weighted by Gasteiger charge is -2.12. The second-order valence-electron chi connectivity index (χ2n) is 5.97. The number of carbonyl (C=O) groups is 1. The number of rotatable bonds is 9. The van der Waals surface area contributed by atoms with Gasteiger partial charge in [-0.15, -0.1) is 0 Å². The lowest BCUT2D eigenvalue weighted by Crippen LogP contribution is -2.13. The first kappa shape index (κ1) is 21.0. The molecule has 2 aromatic rings. The number of anilines is 1. The molecule has 0 aliphatic heterocycles. The summed E-state index contributed by atoms with van der Waals surface area (Å²) < 4.78 is 24.3. The molecule has 28 heavy (non-hydrogen) atoms. The average Bonchev–Trinajstić information content (AvgIpc) is 2.69. The molecule has 0 radical (unpaired) electrons. The Bertz CT molecular complexity index is 870. The molecule has 0 aromatic heterocycles. The highest BCUT2D eigenvalue weighted by atomic mass is 19.1. The Morgan fingerprint density at radius 1 is 1.14 bits per heavy atom. The number of hydrogen-bond acceptors (Lipinski definition) is 4. The van der Waals surface area contributed by atoms with Crippen LogP contribution in [0, 0.1) is 17.1 Å². The van der Waals surface area contributed by atoms with Crippen molar-refractivity contribution in [2.24, 2.45) is 0 Å². The zero-order chi connectivity index (χ0) is 20.4. The fourth-order valence-corrected chi connectivity index (χ4v) is 2.38. The fourth-order valence-electron chi connectivity index (χ4n) is 2.38. The van der Waals surface area contributed by atoms with Crippen molar-refractivity contribution < 1.29 is 18.7 Å². The Hall–Kier alpha value is -3.33. The summed E-state index contributed by atoms with van der Waals surface area (Å²) in [5.74, 6) is 0.208. The molecule has 146 valence electrons. The molecular formula is C22H23FN2O3. The predicted octanol–water partition coefficient (Wildman–Crippen LogP) is 4.95. The summed E-state index contributed by atoms with van der Waals surface area (Å²) in [6.07, 6.45) is 3.44. The lowest BCUT2D eigenvalue weighted by molar-refractivity contribution is -0.112. The number of nitriles is 1. The molecule has 6 heteroatoms. The van der Waals surface area contributed by atoms with E-state index in [4.69, 9.17) is 9.47 Å². The smallest absolute Gasteiger partial charge is 0.266 e. The van der Waals surface area contributed by atoms with Crippen LogP contribution in [0.4, 0.5) is 10.1 Å². The molecule has 2 aromatic carbocycles. The predicted molar refractivity (Wildman–Crippen MR) is 107 cm³/mol. The number of unbranched alkanes of at least 4 members (excludes halogenated alkanes) is 1. The van der Waals surface area contributed by atoms with Gasteiger partial charge < -0.3 is 14.8 Å². The molecule has 0 atom stereocenters. The molecular weight excluding hydrogens is 359 g/mol. The first-order valence-electron chi connectivity index (χ1n) is 9.15. The third-order valence-electron chi connectivity index (χ3n) is 3.80. The topological polar surface area (TPSA) is 71.3 Å². The maximum Gasteiger partial charge on any atom is 0.266 e. The molecule has 0 heterocycles. The van der Waals surface area contributed by atoms with Gasteiger partial charge in [-0.25, -0.2) is 4.39 Å². The van der Waals surface area contributed by atoms with Crippen LogP contribution in [0.1, 0.15) is 32.3 Å². The molecule has 0 spiro atoms. The van der Waals surface area contributed by atoms with E-state index in [0.717, 1.165) is 12.8 Å². The molecule has 0 unspecified atom stereocenters. The minimum absolute atomic E-state index is 0.0774. The minimum Gasteiger partial charge on any atom is -0.490 e. The van der Waals surface area contributed by atoms with E-state index in [2.05, 4.69) is 12.2 Å². The normalized spacial score (nSPS) is 10.9. The van der Waals surface area contributed by atoms with Crippen LogP contribution in [-0.4, -0.2) is 19.1 Å². The van der Waals surface area contributed by atoms with Crippen molar-refractivity contribution in [2.75, 3.05) is 18.5 Å². The first-order chi connectivity index (χ1) is 13.6. The van der Waals surface area contributed by atoms with Gasteiger partial charge in [-0.05, 0) is 61.4 Å². The number of nitrogens with one attached hydrogen (secondary N) is 1. The second kappa shape index (κ2) is 10.7. The summed E-state index contributed by atoms with van der Waals surface area (Å²) in [4.78, 5) is 12.3. The molecule has 1 N–H and O–H groups in total. The van der Waals surface area contributed by atoms with E-state index in [1.165, 1.54) is 30.3 Å². The minimum atomic E-state index is -0.574. The van der Waals surface area contributed by atoms with Crippen LogP contribution in [0.15, 0.2) is 48.0 Å². The van der Waals surface area contributed by atoms with Gasteiger partial charge in [-0.1, -0.05) is 19.4 Å². The zero-order valence-electron chi connectivity index (χ0n) is 16.0. The standard InChI is InChI=1S/C22H23FN2O3/c1-3-5-12-28-20-11-6-16(14-21(20)27-4-2)13-17(15-24)22(26)25-19-9-7-18(23)8-10-19/h6-11,13-14H,3-5,12H2,1-2H3,(H,25,26). The van der Waals surface area contributed by atoms with E-state index in [9.17, 15) is 14.4 Å². The number of hydrogen-bond donors (Lipinski definition) is 1. The molecule has 0 saturated carbocycles. The quantitative estimate of drug-likeness (QED) is 0.378. The van der Waals surface area contributed by atoms with E-state index < -0.39 is 11.7 Å². The molecule has 0 aliphatic carbocycles. The summed E-state index contributed by atoms with van der Waals surface area (Å²) in [5.41, 5.74) is 0.964. The first-order valence-corrected chi connectivity index (χ1v) is 9.15. The molecule has 0 saturated heterocycles. The lowest BCUT2D eigenvalue weighted by atomic mass is 10.1. The van der Waals surface area contributed by atoms with Crippen molar-refractivity contribution in [1.29, 1.82) is 5.26 Å². The van der Waals surface area contributed by atoms with E-state index >= 15 is 0 Å². The number of amides is 1. The van der Waals surface area contributed by atoms with E-state index in [0.29, 0.717) is 36.0 Å². The van der Waals surface area contributed by atoms with E-state index in [-0.39, 0.29) is 5.57 Å². The van der Waals surface area contributed by atoms with Crippen molar-refractivity contribution in [2.45, 2.75) is 26.7 Å². The number of nitrogens with zero attached hydrogens (tertiary/aromatic N) is 1. The third kappa shape index (κ3) is 6.13. The van der Waals surface area contributed by atoms with Crippen LogP contribution < -0.4 is 14.8 Å². The van der Waals surface area contributed by atoms with Gasteiger partial charge in [0.15, 0.2) is 11.5 Å². The van der Waals surface area contributed by atoms with E-state index in [1.807, 2.05) is 13.0 Å². The summed E-state index contributed by atoms with van der Waals surface area (Å²) in [6, 6.07) is 12.5. The summed E-state index contributed by atoms with van der Waals surface area (Å²) in [6.45, 7) is 5.01. The van der Waals surface area contributed by atoms with Crippen molar-refractivity contribution in [3.8, 4) is 17.6 Å². The van der Waals surface area contributed by atoms with Gasteiger partial charge in [0.05, 0.1) is 13.2 Å². The summed E-state index contributed by atoms with van der Waals surface area (Å²) in [5, 5.41) is 11.9. The highest BCUT2D eigenvalue weighted by Gasteiger charge is 2.11. The molecule has 2 rings (SSSR count). The molecule has 0 fully saturated rings. The van der Waals surface area contributed by atoms with Gasteiger partial charge in [0, 0.05) is 5.69 Å². The highest BCUT2D eigenvalue weighted by molar-refractivity contribution is 6.09. The van der Waals surface area contributed by atoms with Crippen molar-refractivity contribution >= 4 is 17.7 Å². The van der Waals surface area contributed by atoms with Gasteiger partial charge in [0.2, 0.25) is 0 Å². The van der Waals surface area contributed by atoms with Crippen molar-refractivity contribution in [3.63, 3.8) is 0 Å². The van der Waals surface area contributed by atoms with Crippen LogP contribution in [0.5, 0.6) is 11.5 Å². The number of halogens is 1. The third-order valence-corrected chi connectivity index (χ3v) is 3.80. The summed E-state index contributed by atoms with van der Waals surface area (Å²) >= 11 is 0.